The third-order valence-electron chi connectivity index (χ3n) is 5.36. The molecule has 5 nitrogen and oxygen atoms in total. The van der Waals surface area contributed by atoms with Crippen molar-refractivity contribution < 1.29 is 4.79 Å². The predicted octanol–water partition coefficient (Wildman–Crippen LogP) is 4.16. The molecule has 1 aromatic carbocycles. The number of nitrogens with zero attached hydrogens (tertiary/aromatic N) is 3. The van der Waals surface area contributed by atoms with Gasteiger partial charge in [-0.25, -0.2) is 0 Å². The molecular weight excluding hydrogens is 360 g/mol. The van der Waals surface area contributed by atoms with Gasteiger partial charge in [-0.05, 0) is 38.7 Å². The minimum Gasteiger partial charge on any atom is -0.338 e. The topological polar surface area (TPSA) is 64.2 Å². The van der Waals surface area contributed by atoms with Crippen LogP contribution in [0.25, 0.3) is 11.3 Å². The number of halogens is 1. The molecule has 0 spiro atoms. The fourth-order valence-corrected chi connectivity index (χ4v) is 3.67. The number of hydrogen-bond acceptors (Lipinski definition) is 3. The van der Waals surface area contributed by atoms with Crippen LogP contribution in [0.4, 0.5) is 0 Å². The van der Waals surface area contributed by atoms with Gasteiger partial charge in [-0.15, -0.1) is 0 Å². The van der Waals surface area contributed by atoms with Crippen LogP contribution in [0, 0.1) is 5.41 Å². The van der Waals surface area contributed by atoms with E-state index in [0.717, 1.165) is 12.0 Å². The van der Waals surface area contributed by atoms with E-state index in [2.05, 4.69) is 34.6 Å². The van der Waals surface area contributed by atoms with Crippen LogP contribution in [-0.4, -0.2) is 39.7 Å². The Balaban J connectivity index is 2.05. The summed E-state index contributed by atoms with van der Waals surface area (Å²) < 4.78 is 1.85. The number of carbonyl (C=O) groups excluding carboxylic acids is 1. The molecular formula is C21H29ClN4O. The Bertz CT molecular complexity index is 850. The molecule has 1 aliphatic heterocycles. The summed E-state index contributed by atoms with van der Waals surface area (Å²) in [5.74, 6) is -0.0135. The molecule has 2 aromatic rings. The fraction of sp³-hybridized carbons (Fsp3) is 0.524. The molecule has 0 aliphatic carbocycles. The third kappa shape index (κ3) is 3.90. The molecule has 3 rings (SSSR count). The lowest BCUT2D eigenvalue weighted by Gasteiger charge is -2.42. The lowest BCUT2D eigenvalue weighted by atomic mass is 9.79. The average Bonchev–Trinajstić information content (AvgIpc) is 3.02. The van der Waals surface area contributed by atoms with Crippen LogP contribution in [0.3, 0.4) is 0 Å². The zero-order valence-electron chi connectivity index (χ0n) is 16.8. The predicted molar refractivity (Wildman–Crippen MR) is 110 cm³/mol. The molecule has 1 amide bonds. The highest BCUT2D eigenvalue weighted by Gasteiger charge is 2.37. The number of carbonyl (C=O) groups is 1. The maximum atomic E-state index is 13.4. The van der Waals surface area contributed by atoms with Crippen LogP contribution >= 0.6 is 11.6 Å². The maximum Gasteiger partial charge on any atom is 0.257 e. The van der Waals surface area contributed by atoms with E-state index in [1.54, 1.807) is 0 Å². The van der Waals surface area contributed by atoms with Gasteiger partial charge in [0, 0.05) is 30.9 Å². The average molecular weight is 389 g/mol. The van der Waals surface area contributed by atoms with Gasteiger partial charge in [-0.1, -0.05) is 43.6 Å². The monoisotopic (exact) mass is 388 g/mol. The fourth-order valence-electron chi connectivity index (χ4n) is 3.44. The first kappa shape index (κ1) is 19.9. The standard InChI is InChI=1S/C21H29ClN4O/c1-20(2,3)26-12-15(18(24-26)14-8-6-7-9-16(14)22)19(27)25-11-10-17(23)21(4,5)13-25/h6-9,12,17H,10-11,13,23H2,1-5H3. The zero-order valence-corrected chi connectivity index (χ0v) is 17.5. The molecule has 27 heavy (non-hydrogen) atoms. The number of benzene rings is 1. The summed E-state index contributed by atoms with van der Waals surface area (Å²) in [5, 5.41) is 5.33. The van der Waals surface area contributed by atoms with E-state index >= 15 is 0 Å². The first-order valence-corrected chi connectivity index (χ1v) is 9.78. The van der Waals surface area contributed by atoms with Crippen LogP contribution in [-0.2, 0) is 5.54 Å². The molecule has 0 bridgehead atoms. The van der Waals surface area contributed by atoms with Crippen LogP contribution in [0.1, 0.15) is 51.4 Å². The first-order valence-electron chi connectivity index (χ1n) is 9.40. The zero-order chi connectivity index (χ0) is 20.0. The van der Waals surface area contributed by atoms with Crippen molar-refractivity contribution in [3.63, 3.8) is 0 Å². The molecule has 6 heteroatoms. The highest BCUT2D eigenvalue weighted by Crippen LogP contribution is 2.33. The number of amides is 1. The smallest absolute Gasteiger partial charge is 0.257 e. The van der Waals surface area contributed by atoms with Gasteiger partial charge >= 0.3 is 0 Å². The molecule has 2 heterocycles. The highest BCUT2D eigenvalue weighted by atomic mass is 35.5. The molecule has 1 fully saturated rings. The van der Waals surface area contributed by atoms with Crippen molar-refractivity contribution in [1.82, 2.24) is 14.7 Å². The summed E-state index contributed by atoms with van der Waals surface area (Å²) in [4.78, 5) is 15.3. The van der Waals surface area contributed by atoms with Crippen molar-refractivity contribution in [3.05, 3.63) is 41.0 Å². The third-order valence-corrected chi connectivity index (χ3v) is 5.69. The molecule has 146 valence electrons. The quantitative estimate of drug-likeness (QED) is 0.840. The summed E-state index contributed by atoms with van der Waals surface area (Å²) in [6, 6.07) is 7.62. The Morgan fingerprint density at radius 2 is 1.96 bits per heavy atom. The van der Waals surface area contributed by atoms with Crippen molar-refractivity contribution in [2.45, 2.75) is 52.6 Å². The Labute approximate surface area is 166 Å². The van der Waals surface area contributed by atoms with E-state index in [-0.39, 0.29) is 22.9 Å². The highest BCUT2D eigenvalue weighted by molar-refractivity contribution is 6.33. The van der Waals surface area contributed by atoms with Gasteiger partial charge in [-0.3, -0.25) is 9.48 Å². The van der Waals surface area contributed by atoms with Crippen LogP contribution in [0.5, 0.6) is 0 Å². The normalized spacial score (nSPS) is 20.0. The van der Waals surface area contributed by atoms with Crippen molar-refractivity contribution in [2.75, 3.05) is 13.1 Å². The Morgan fingerprint density at radius 3 is 2.56 bits per heavy atom. The molecule has 1 atom stereocenters. The molecule has 1 aliphatic rings. The summed E-state index contributed by atoms with van der Waals surface area (Å²) in [6.45, 7) is 11.7. The maximum absolute atomic E-state index is 13.4. The Hall–Kier alpha value is -1.85. The van der Waals surface area contributed by atoms with E-state index in [9.17, 15) is 4.79 Å². The van der Waals surface area contributed by atoms with E-state index in [4.69, 9.17) is 22.4 Å². The number of piperidine rings is 1. The lowest BCUT2D eigenvalue weighted by molar-refractivity contribution is 0.0533. The Kier molecular flexibility index (Phi) is 5.12. The van der Waals surface area contributed by atoms with Crippen LogP contribution in [0.2, 0.25) is 5.02 Å². The number of hydrogen-bond donors (Lipinski definition) is 1. The van der Waals surface area contributed by atoms with Gasteiger partial charge in [0.05, 0.1) is 16.1 Å². The van der Waals surface area contributed by atoms with Crippen molar-refractivity contribution in [2.24, 2.45) is 11.1 Å². The molecule has 1 unspecified atom stereocenters. The lowest BCUT2D eigenvalue weighted by Crippen LogP contribution is -2.54. The molecule has 0 saturated carbocycles. The van der Waals surface area contributed by atoms with Gasteiger partial charge in [0.25, 0.3) is 5.91 Å². The second-order valence-electron chi connectivity index (χ2n) is 9.10. The number of nitrogens with two attached hydrogens (primary N) is 1. The largest absolute Gasteiger partial charge is 0.338 e. The minimum absolute atomic E-state index is 0.0135. The summed E-state index contributed by atoms with van der Waals surface area (Å²) in [5.41, 5.74) is 7.89. The molecule has 1 aromatic heterocycles. The van der Waals surface area contributed by atoms with Crippen LogP contribution < -0.4 is 5.73 Å². The van der Waals surface area contributed by atoms with Gasteiger partial charge in [-0.2, -0.15) is 5.10 Å². The minimum atomic E-state index is -0.238. The van der Waals surface area contributed by atoms with Crippen molar-refractivity contribution >= 4 is 17.5 Å². The molecule has 1 saturated heterocycles. The summed E-state index contributed by atoms with van der Waals surface area (Å²) in [6.07, 6.45) is 2.65. The van der Waals surface area contributed by atoms with E-state index < -0.39 is 0 Å². The number of aromatic nitrogens is 2. The van der Waals surface area contributed by atoms with Crippen LogP contribution in [0.15, 0.2) is 30.5 Å². The second-order valence-corrected chi connectivity index (χ2v) is 9.50. The molecule has 2 N–H and O–H groups in total. The number of rotatable bonds is 2. The summed E-state index contributed by atoms with van der Waals surface area (Å²) in [7, 11) is 0. The molecule has 0 radical (unpaired) electrons. The van der Waals surface area contributed by atoms with Gasteiger partial charge < -0.3 is 10.6 Å². The van der Waals surface area contributed by atoms with E-state index in [1.165, 1.54) is 0 Å². The second kappa shape index (κ2) is 6.95. The Morgan fingerprint density at radius 1 is 1.30 bits per heavy atom. The van der Waals surface area contributed by atoms with Gasteiger partial charge in [0.15, 0.2) is 0 Å². The van der Waals surface area contributed by atoms with Crippen molar-refractivity contribution in [1.29, 1.82) is 0 Å². The van der Waals surface area contributed by atoms with E-state index in [1.807, 2.05) is 40.0 Å². The van der Waals surface area contributed by atoms with Gasteiger partial charge in [0.1, 0.15) is 5.69 Å². The number of likely N-dealkylation sites (tertiary alicyclic amines) is 1. The van der Waals surface area contributed by atoms with Gasteiger partial charge in [0.2, 0.25) is 0 Å². The summed E-state index contributed by atoms with van der Waals surface area (Å²) >= 11 is 6.42. The van der Waals surface area contributed by atoms with E-state index in [0.29, 0.717) is 29.4 Å². The first-order chi connectivity index (χ1) is 12.5. The van der Waals surface area contributed by atoms with Crippen molar-refractivity contribution in [3.8, 4) is 11.3 Å². The SMILES string of the molecule is CC1(C)CN(C(=O)c2cn(C(C)(C)C)nc2-c2ccccc2Cl)CCC1N.